The van der Waals surface area contributed by atoms with Crippen LogP contribution in [0, 0.1) is 20.8 Å². The van der Waals surface area contributed by atoms with Crippen molar-refractivity contribution in [1.29, 1.82) is 0 Å². The predicted octanol–water partition coefficient (Wildman–Crippen LogP) is 7.95. The largest absolute Gasteiger partial charge is 0.452 e. The van der Waals surface area contributed by atoms with Crippen LogP contribution in [0.1, 0.15) is 34.2 Å². The second-order valence-electron chi connectivity index (χ2n) is 9.81. The maximum Gasteiger partial charge on any atom is 0.179 e. The number of furan rings is 1. The summed E-state index contributed by atoms with van der Waals surface area (Å²) in [6, 6.07) is 28.2. The predicted molar refractivity (Wildman–Crippen MR) is 159 cm³/mol. The van der Waals surface area contributed by atoms with Crippen LogP contribution in [0.2, 0.25) is 0 Å². The summed E-state index contributed by atoms with van der Waals surface area (Å²) in [6.45, 7) is 6.21. The van der Waals surface area contributed by atoms with Crippen LogP contribution < -0.4 is 10.2 Å². The SMILES string of the molecule is Cc1ccc(C)c(NC2=Nc3ccccc3N3C2=Nc2c(c(C)nn2-c2ccccc2)C3c2ccc(Br)o2)c1. The smallest absolute Gasteiger partial charge is 0.179 e. The lowest BCUT2D eigenvalue weighted by atomic mass is 9.97. The summed E-state index contributed by atoms with van der Waals surface area (Å²) in [5, 5.41) is 8.58. The molecule has 0 amide bonds. The minimum atomic E-state index is -0.302. The highest BCUT2D eigenvalue weighted by Crippen LogP contribution is 2.48. The van der Waals surface area contributed by atoms with Gasteiger partial charge in [0.2, 0.25) is 0 Å². The Morgan fingerprint density at radius 2 is 1.67 bits per heavy atom. The van der Waals surface area contributed by atoms with E-state index in [4.69, 9.17) is 19.5 Å². The average molecular weight is 577 g/mol. The fraction of sp³-hybridized carbons (Fsp3) is 0.129. The molecule has 1 N–H and O–H groups in total. The van der Waals surface area contributed by atoms with Gasteiger partial charge < -0.3 is 14.6 Å². The Hall–Kier alpha value is -4.43. The summed E-state index contributed by atoms with van der Waals surface area (Å²) in [6.07, 6.45) is 0. The average Bonchev–Trinajstić information content (AvgIpc) is 3.53. The number of benzene rings is 3. The zero-order valence-electron chi connectivity index (χ0n) is 21.7. The van der Waals surface area contributed by atoms with Gasteiger partial charge >= 0.3 is 0 Å². The van der Waals surface area contributed by atoms with Gasteiger partial charge in [0.1, 0.15) is 11.8 Å². The van der Waals surface area contributed by atoms with Gasteiger partial charge in [0.15, 0.2) is 22.2 Å². The molecule has 39 heavy (non-hydrogen) atoms. The first-order valence-electron chi connectivity index (χ1n) is 12.8. The molecule has 5 aromatic rings. The molecule has 0 saturated heterocycles. The summed E-state index contributed by atoms with van der Waals surface area (Å²) < 4.78 is 8.81. The van der Waals surface area contributed by atoms with Gasteiger partial charge in [0.05, 0.1) is 28.3 Å². The summed E-state index contributed by atoms with van der Waals surface area (Å²) in [5.41, 5.74) is 7.92. The molecule has 0 saturated carbocycles. The Morgan fingerprint density at radius 3 is 2.46 bits per heavy atom. The van der Waals surface area contributed by atoms with Crippen molar-refractivity contribution in [3.05, 3.63) is 118 Å². The lowest BCUT2D eigenvalue weighted by molar-refractivity contribution is 0.468. The Balaban J connectivity index is 1.50. The Labute approximate surface area is 234 Å². The molecule has 7 nitrogen and oxygen atoms in total. The monoisotopic (exact) mass is 576 g/mol. The lowest BCUT2D eigenvalue weighted by Gasteiger charge is -2.39. The first kappa shape index (κ1) is 23.7. The van der Waals surface area contributed by atoms with Gasteiger partial charge in [0, 0.05) is 5.69 Å². The molecular weight excluding hydrogens is 552 g/mol. The number of aryl methyl sites for hydroxylation is 3. The van der Waals surface area contributed by atoms with Crippen molar-refractivity contribution in [2.45, 2.75) is 26.8 Å². The second-order valence-corrected chi connectivity index (χ2v) is 10.6. The number of aromatic nitrogens is 2. The number of para-hydroxylation sites is 3. The quantitative estimate of drug-likeness (QED) is 0.236. The van der Waals surface area contributed by atoms with E-state index in [0.29, 0.717) is 16.3 Å². The van der Waals surface area contributed by atoms with Crippen LogP contribution in [0.4, 0.5) is 22.9 Å². The van der Waals surface area contributed by atoms with E-state index in [1.165, 1.54) is 5.56 Å². The molecule has 0 bridgehead atoms. The number of halogens is 1. The molecule has 0 aliphatic carbocycles. The minimum Gasteiger partial charge on any atom is -0.452 e. The molecule has 7 rings (SSSR count). The van der Waals surface area contributed by atoms with Crippen molar-refractivity contribution in [3.63, 3.8) is 0 Å². The van der Waals surface area contributed by atoms with Gasteiger partial charge in [-0.05, 0) is 90.3 Å². The number of amidine groups is 2. The number of anilines is 2. The maximum absolute atomic E-state index is 6.22. The number of fused-ring (bicyclic) bond motifs is 4. The number of nitrogens with one attached hydrogen (secondary N) is 1. The van der Waals surface area contributed by atoms with Crippen LogP contribution in [-0.4, -0.2) is 21.5 Å². The minimum absolute atomic E-state index is 0.302. The molecule has 2 aromatic heterocycles. The van der Waals surface area contributed by atoms with E-state index in [0.717, 1.165) is 51.1 Å². The van der Waals surface area contributed by atoms with E-state index in [-0.39, 0.29) is 6.04 Å². The molecule has 4 heterocycles. The summed E-state index contributed by atoms with van der Waals surface area (Å²) >= 11 is 3.52. The summed E-state index contributed by atoms with van der Waals surface area (Å²) in [4.78, 5) is 12.6. The third-order valence-electron chi connectivity index (χ3n) is 7.15. The van der Waals surface area contributed by atoms with Gasteiger partial charge in [-0.2, -0.15) is 5.10 Å². The molecule has 0 fully saturated rings. The zero-order chi connectivity index (χ0) is 26.7. The standard InChI is InChI=1S/C31H25BrN6O/c1-18-13-14-19(2)23(17-18)34-29-31-35-30-27(20(3)36-38(30)21-9-5-4-6-10-21)28(25-15-16-26(32)39-25)37(31)24-12-8-7-11-22(24)33-29/h4-17,28H,1-3H3,(H,33,34). The number of aliphatic imine (C=N–C) groups is 2. The number of rotatable bonds is 3. The van der Waals surface area contributed by atoms with E-state index < -0.39 is 0 Å². The Morgan fingerprint density at radius 1 is 0.872 bits per heavy atom. The molecule has 1 unspecified atom stereocenters. The highest BCUT2D eigenvalue weighted by molar-refractivity contribution is 9.10. The maximum atomic E-state index is 6.22. The Bertz CT molecular complexity index is 1800. The molecule has 2 aliphatic heterocycles. The van der Waals surface area contributed by atoms with Crippen LogP contribution in [0.15, 0.2) is 104 Å². The van der Waals surface area contributed by atoms with Gasteiger partial charge in [-0.25, -0.2) is 14.7 Å². The Kier molecular flexibility index (Phi) is 5.52. The zero-order valence-corrected chi connectivity index (χ0v) is 23.3. The van der Waals surface area contributed by atoms with Crippen molar-refractivity contribution in [2.24, 2.45) is 9.98 Å². The van der Waals surface area contributed by atoms with Gasteiger partial charge in [0.25, 0.3) is 0 Å². The van der Waals surface area contributed by atoms with E-state index in [1.807, 2.05) is 72.3 Å². The summed E-state index contributed by atoms with van der Waals surface area (Å²) in [5.74, 6) is 2.92. The third kappa shape index (κ3) is 3.90. The van der Waals surface area contributed by atoms with E-state index in [9.17, 15) is 0 Å². The van der Waals surface area contributed by atoms with Crippen molar-refractivity contribution >= 4 is 50.5 Å². The third-order valence-corrected chi connectivity index (χ3v) is 7.57. The number of nitrogens with zero attached hydrogens (tertiary/aromatic N) is 5. The number of hydrogen-bond donors (Lipinski definition) is 1. The number of hydrogen-bond acceptors (Lipinski definition) is 6. The molecule has 192 valence electrons. The van der Waals surface area contributed by atoms with Crippen LogP contribution in [0.5, 0.6) is 0 Å². The molecule has 2 aliphatic rings. The second kappa shape index (κ2) is 9.10. The van der Waals surface area contributed by atoms with Crippen molar-refractivity contribution in [3.8, 4) is 5.69 Å². The first-order valence-corrected chi connectivity index (χ1v) is 13.6. The van der Waals surface area contributed by atoms with Gasteiger partial charge in [-0.3, -0.25) is 0 Å². The summed E-state index contributed by atoms with van der Waals surface area (Å²) in [7, 11) is 0. The molecule has 8 heteroatoms. The molecular formula is C31H25BrN6O. The lowest BCUT2D eigenvalue weighted by Crippen LogP contribution is -2.46. The topological polar surface area (TPSA) is 71.0 Å². The van der Waals surface area contributed by atoms with Gasteiger partial charge in [-0.1, -0.05) is 42.5 Å². The molecule has 0 spiro atoms. The van der Waals surface area contributed by atoms with Crippen LogP contribution in [0.25, 0.3) is 5.69 Å². The first-order chi connectivity index (χ1) is 19.0. The molecule has 1 atom stereocenters. The van der Waals surface area contributed by atoms with Crippen molar-refractivity contribution in [2.75, 3.05) is 10.2 Å². The van der Waals surface area contributed by atoms with Crippen LogP contribution in [0.3, 0.4) is 0 Å². The fourth-order valence-corrected chi connectivity index (χ4v) is 5.61. The van der Waals surface area contributed by atoms with Crippen molar-refractivity contribution < 1.29 is 4.42 Å². The highest BCUT2D eigenvalue weighted by Gasteiger charge is 2.42. The van der Waals surface area contributed by atoms with E-state index in [1.54, 1.807) is 0 Å². The fourth-order valence-electron chi connectivity index (χ4n) is 5.29. The van der Waals surface area contributed by atoms with Gasteiger partial charge in [-0.15, -0.1) is 0 Å². The van der Waals surface area contributed by atoms with Crippen molar-refractivity contribution in [1.82, 2.24) is 9.78 Å². The molecule has 0 radical (unpaired) electrons. The highest BCUT2D eigenvalue weighted by atomic mass is 79.9. The van der Waals surface area contributed by atoms with Crippen LogP contribution in [-0.2, 0) is 0 Å². The normalized spacial score (nSPS) is 15.7. The molecule has 3 aromatic carbocycles. The van der Waals surface area contributed by atoms with E-state index >= 15 is 0 Å². The van der Waals surface area contributed by atoms with E-state index in [2.05, 4.69) is 64.3 Å². The van der Waals surface area contributed by atoms with Crippen LogP contribution >= 0.6 is 15.9 Å².